The van der Waals surface area contributed by atoms with Gasteiger partial charge in [0, 0.05) is 6.54 Å². The standard InChI is InChI=1S/C8H8Cl2FNO/c9-6-3-5(11)4-7(10)8(6)12-1-2-13/h3-4,12-13H,1-2H2. The van der Waals surface area contributed by atoms with E-state index in [1.807, 2.05) is 0 Å². The third-order valence-electron chi connectivity index (χ3n) is 1.42. The summed E-state index contributed by atoms with van der Waals surface area (Å²) in [6.45, 7) is 0.287. The Morgan fingerprint density at radius 3 is 2.31 bits per heavy atom. The fraction of sp³-hybridized carbons (Fsp3) is 0.250. The highest BCUT2D eigenvalue weighted by Gasteiger charge is 2.06. The Morgan fingerprint density at radius 1 is 1.31 bits per heavy atom. The lowest BCUT2D eigenvalue weighted by Crippen LogP contribution is -2.06. The number of benzene rings is 1. The molecule has 0 unspecified atom stereocenters. The van der Waals surface area contributed by atoms with Crippen molar-refractivity contribution in [3.8, 4) is 0 Å². The van der Waals surface area contributed by atoms with Gasteiger partial charge in [-0.05, 0) is 12.1 Å². The number of halogens is 3. The van der Waals surface area contributed by atoms with E-state index in [1.165, 1.54) is 0 Å². The first-order valence-electron chi connectivity index (χ1n) is 3.64. The molecule has 13 heavy (non-hydrogen) atoms. The van der Waals surface area contributed by atoms with E-state index in [9.17, 15) is 4.39 Å². The number of hydrogen-bond acceptors (Lipinski definition) is 2. The number of nitrogens with one attached hydrogen (secondary N) is 1. The van der Waals surface area contributed by atoms with Crippen LogP contribution in [0.25, 0.3) is 0 Å². The number of rotatable bonds is 3. The zero-order valence-electron chi connectivity index (χ0n) is 6.65. The highest BCUT2D eigenvalue weighted by atomic mass is 35.5. The van der Waals surface area contributed by atoms with Gasteiger partial charge in [0.1, 0.15) is 5.82 Å². The Hall–Kier alpha value is -0.510. The molecule has 2 N–H and O–H groups in total. The molecule has 0 saturated heterocycles. The van der Waals surface area contributed by atoms with Crippen molar-refractivity contribution >= 4 is 28.9 Å². The number of aliphatic hydroxyl groups excluding tert-OH is 1. The van der Waals surface area contributed by atoms with E-state index in [2.05, 4.69) is 5.32 Å². The van der Waals surface area contributed by atoms with Crippen LogP contribution in [-0.2, 0) is 0 Å². The van der Waals surface area contributed by atoms with Gasteiger partial charge in [-0.3, -0.25) is 0 Å². The second-order valence-corrected chi connectivity index (χ2v) is 3.21. The van der Waals surface area contributed by atoms with Gasteiger partial charge < -0.3 is 10.4 Å². The predicted octanol–water partition coefficient (Wildman–Crippen LogP) is 2.54. The van der Waals surface area contributed by atoms with Crippen molar-refractivity contribution in [3.63, 3.8) is 0 Å². The summed E-state index contributed by atoms with van der Waals surface area (Å²) >= 11 is 11.4. The fourth-order valence-electron chi connectivity index (χ4n) is 0.892. The first-order chi connectivity index (χ1) is 6.15. The molecule has 0 saturated carbocycles. The van der Waals surface area contributed by atoms with Gasteiger partial charge in [-0.15, -0.1) is 0 Å². The molecule has 5 heteroatoms. The smallest absolute Gasteiger partial charge is 0.126 e. The Balaban J connectivity index is 2.92. The van der Waals surface area contributed by atoms with Crippen LogP contribution in [0.15, 0.2) is 12.1 Å². The van der Waals surface area contributed by atoms with Crippen LogP contribution in [0.3, 0.4) is 0 Å². The molecule has 0 aliphatic heterocycles. The summed E-state index contributed by atoms with van der Waals surface area (Å²) in [5, 5.41) is 11.7. The van der Waals surface area contributed by atoms with Crippen LogP contribution < -0.4 is 5.32 Å². The number of hydrogen-bond donors (Lipinski definition) is 2. The lowest BCUT2D eigenvalue weighted by Gasteiger charge is -2.08. The summed E-state index contributed by atoms with van der Waals surface area (Å²) in [6.07, 6.45) is 0. The molecule has 1 aromatic carbocycles. The summed E-state index contributed by atoms with van der Waals surface area (Å²) in [5.74, 6) is -0.482. The van der Waals surface area contributed by atoms with Gasteiger partial charge in [-0.1, -0.05) is 23.2 Å². The van der Waals surface area contributed by atoms with Crippen molar-refractivity contribution in [2.45, 2.75) is 0 Å². The molecule has 0 radical (unpaired) electrons. The molecule has 0 heterocycles. The molecule has 0 aromatic heterocycles. The highest BCUT2D eigenvalue weighted by Crippen LogP contribution is 2.30. The molecule has 1 rings (SSSR count). The van der Waals surface area contributed by atoms with Gasteiger partial charge in [0.25, 0.3) is 0 Å². The van der Waals surface area contributed by atoms with Crippen molar-refractivity contribution < 1.29 is 9.50 Å². The quantitative estimate of drug-likeness (QED) is 0.826. The molecule has 0 spiro atoms. The van der Waals surface area contributed by atoms with Crippen molar-refractivity contribution in [2.75, 3.05) is 18.5 Å². The van der Waals surface area contributed by atoms with Gasteiger partial charge in [0.15, 0.2) is 0 Å². The zero-order valence-corrected chi connectivity index (χ0v) is 8.16. The average molecular weight is 224 g/mol. The predicted molar refractivity (Wildman–Crippen MR) is 52.0 cm³/mol. The van der Waals surface area contributed by atoms with Crippen LogP contribution in [0, 0.1) is 5.82 Å². The molecule has 0 amide bonds. The van der Waals surface area contributed by atoms with Gasteiger partial charge in [0.05, 0.1) is 22.3 Å². The maximum absolute atomic E-state index is 12.7. The largest absolute Gasteiger partial charge is 0.395 e. The Morgan fingerprint density at radius 2 is 1.85 bits per heavy atom. The fourth-order valence-corrected chi connectivity index (χ4v) is 1.49. The number of anilines is 1. The zero-order chi connectivity index (χ0) is 9.84. The van der Waals surface area contributed by atoms with Gasteiger partial charge in [-0.2, -0.15) is 0 Å². The average Bonchev–Trinajstić information content (AvgIpc) is 2.02. The molecular weight excluding hydrogens is 216 g/mol. The minimum Gasteiger partial charge on any atom is -0.395 e. The summed E-state index contributed by atoms with van der Waals surface area (Å²) in [4.78, 5) is 0. The number of aliphatic hydroxyl groups is 1. The van der Waals surface area contributed by atoms with Crippen molar-refractivity contribution in [3.05, 3.63) is 28.0 Å². The molecule has 0 bridgehead atoms. The van der Waals surface area contributed by atoms with Crippen LogP contribution in [0.5, 0.6) is 0 Å². The van der Waals surface area contributed by atoms with Gasteiger partial charge in [0.2, 0.25) is 0 Å². The molecule has 72 valence electrons. The third kappa shape index (κ3) is 2.72. The van der Waals surface area contributed by atoms with E-state index in [0.29, 0.717) is 12.2 Å². The summed E-state index contributed by atoms with van der Waals surface area (Å²) in [6, 6.07) is 2.32. The van der Waals surface area contributed by atoms with E-state index < -0.39 is 5.82 Å². The minimum atomic E-state index is -0.482. The summed E-state index contributed by atoms with van der Waals surface area (Å²) < 4.78 is 12.7. The van der Waals surface area contributed by atoms with Gasteiger partial charge in [-0.25, -0.2) is 4.39 Å². The van der Waals surface area contributed by atoms with Crippen molar-refractivity contribution in [1.29, 1.82) is 0 Å². The summed E-state index contributed by atoms with van der Waals surface area (Å²) in [7, 11) is 0. The molecule has 0 atom stereocenters. The SMILES string of the molecule is OCCNc1c(Cl)cc(F)cc1Cl. The first-order valence-corrected chi connectivity index (χ1v) is 4.40. The van der Waals surface area contributed by atoms with Crippen LogP contribution in [0.4, 0.5) is 10.1 Å². The Bertz CT molecular complexity index is 283. The minimum absolute atomic E-state index is 0.0377. The lowest BCUT2D eigenvalue weighted by atomic mass is 10.3. The maximum Gasteiger partial charge on any atom is 0.126 e. The van der Waals surface area contributed by atoms with Crippen LogP contribution in [0.1, 0.15) is 0 Å². The molecule has 0 aliphatic rings. The van der Waals surface area contributed by atoms with E-state index in [1.54, 1.807) is 0 Å². The molecular formula is C8H8Cl2FNO. The Labute approximate surface area is 85.3 Å². The van der Waals surface area contributed by atoms with Crippen molar-refractivity contribution in [1.82, 2.24) is 0 Å². The molecule has 0 fully saturated rings. The van der Waals surface area contributed by atoms with Crippen LogP contribution in [0.2, 0.25) is 10.0 Å². The van der Waals surface area contributed by atoms with E-state index >= 15 is 0 Å². The van der Waals surface area contributed by atoms with E-state index in [4.69, 9.17) is 28.3 Å². The lowest BCUT2D eigenvalue weighted by molar-refractivity contribution is 0.311. The van der Waals surface area contributed by atoms with E-state index in [-0.39, 0.29) is 16.7 Å². The van der Waals surface area contributed by atoms with Crippen LogP contribution >= 0.6 is 23.2 Å². The van der Waals surface area contributed by atoms with Crippen molar-refractivity contribution in [2.24, 2.45) is 0 Å². The normalized spacial score (nSPS) is 10.2. The van der Waals surface area contributed by atoms with Gasteiger partial charge >= 0.3 is 0 Å². The first kappa shape index (κ1) is 10.6. The third-order valence-corrected chi connectivity index (χ3v) is 2.02. The maximum atomic E-state index is 12.7. The Kier molecular flexibility index (Phi) is 3.78. The monoisotopic (exact) mass is 223 g/mol. The molecule has 0 aliphatic carbocycles. The topological polar surface area (TPSA) is 32.3 Å². The van der Waals surface area contributed by atoms with E-state index in [0.717, 1.165) is 12.1 Å². The highest BCUT2D eigenvalue weighted by molar-refractivity contribution is 6.39. The summed E-state index contributed by atoms with van der Waals surface area (Å²) in [5.41, 5.74) is 0.443. The molecule has 1 aromatic rings. The second-order valence-electron chi connectivity index (χ2n) is 2.39. The second kappa shape index (κ2) is 4.65. The van der Waals surface area contributed by atoms with Crippen LogP contribution in [-0.4, -0.2) is 18.3 Å². The molecule has 2 nitrogen and oxygen atoms in total.